The lowest BCUT2D eigenvalue weighted by atomic mass is 9.91. The van der Waals surface area contributed by atoms with Crippen LogP contribution in [0.25, 0.3) is 54.6 Å². The zero-order valence-corrected chi connectivity index (χ0v) is 28.7. The molecule has 51 heavy (non-hydrogen) atoms. The van der Waals surface area contributed by atoms with Gasteiger partial charge < -0.3 is 9.46 Å². The largest absolute Gasteiger partial charge is 0.309 e. The van der Waals surface area contributed by atoms with Crippen molar-refractivity contribution in [1.82, 2.24) is 0 Å². The first-order valence-corrected chi connectivity index (χ1v) is 19.1. The van der Waals surface area contributed by atoms with Crippen LogP contribution in [0.4, 0.5) is 17.1 Å². The van der Waals surface area contributed by atoms with Crippen LogP contribution in [0.15, 0.2) is 194 Å². The van der Waals surface area contributed by atoms with Crippen molar-refractivity contribution in [2.24, 2.45) is 0 Å². The molecule has 3 heteroatoms. The quantitative estimate of drug-likeness (QED) is 0.137. The molecule has 1 atom stereocenters. The third-order valence-corrected chi connectivity index (χ3v) is 13.6. The summed E-state index contributed by atoms with van der Waals surface area (Å²) >= 11 is 0. The lowest BCUT2D eigenvalue weighted by Gasteiger charge is -2.38. The molecule has 240 valence electrons. The number of hydrogen-bond acceptors (Lipinski definition) is 2. The van der Waals surface area contributed by atoms with Crippen molar-refractivity contribution in [2.75, 3.05) is 4.90 Å². The zero-order chi connectivity index (χ0) is 33.9. The zero-order valence-electron chi connectivity index (χ0n) is 27.8. The Morgan fingerprint density at radius 2 is 0.824 bits per heavy atom. The molecule has 0 spiro atoms. The maximum atomic E-state index is 15.6. The number of para-hydroxylation sites is 2. The predicted octanol–water partition coefficient (Wildman–Crippen LogP) is 11.9. The Bertz CT molecular complexity index is 2810. The number of hydrogen-bond donors (Lipinski definition) is 0. The maximum Gasteiger partial charge on any atom is 0.175 e. The number of benzene rings is 9. The molecular weight excluding hydrogens is 638 g/mol. The number of fused-ring (bicyclic) bond motifs is 8. The Morgan fingerprint density at radius 1 is 0.333 bits per heavy atom. The van der Waals surface area contributed by atoms with Gasteiger partial charge >= 0.3 is 0 Å². The van der Waals surface area contributed by atoms with Crippen molar-refractivity contribution < 1.29 is 4.57 Å². The van der Waals surface area contributed by atoms with Crippen molar-refractivity contribution in [1.29, 1.82) is 0 Å². The van der Waals surface area contributed by atoms with Gasteiger partial charge in [-0.15, -0.1) is 0 Å². The molecule has 1 unspecified atom stereocenters. The predicted molar refractivity (Wildman–Crippen MR) is 217 cm³/mol. The van der Waals surface area contributed by atoms with Crippen molar-refractivity contribution in [2.45, 2.75) is 0 Å². The van der Waals surface area contributed by atoms with Gasteiger partial charge in [0.25, 0.3) is 0 Å². The normalized spacial score (nSPS) is 15.2. The molecule has 2 nitrogen and oxygen atoms in total. The number of rotatable bonds is 4. The highest BCUT2D eigenvalue weighted by molar-refractivity contribution is 7.86. The molecule has 1 heterocycles. The average Bonchev–Trinajstić information content (AvgIpc) is 3.21. The summed E-state index contributed by atoms with van der Waals surface area (Å²) in [7, 11) is -3.18. The van der Waals surface area contributed by atoms with Gasteiger partial charge in [0.1, 0.15) is 0 Å². The van der Waals surface area contributed by atoms with Gasteiger partial charge in [0.15, 0.2) is 7.14 Å². The smallest absolute Gasteiger partial charge is 0.175 e. The van der Waals surface area contributed by atoms with Gasteiger partial charge in [-0.1, -0.05) is 146 Å². The molecule has 0 aliphatic carbocycles. The van der Waals surface area contributed by atoms with Crippen LogP contribution in [0.1, 0.15) is 0 Å². The Labute approximate surface area is 297 Å². The van der Waals surface area contributed by atoms with Crippen molar-refractivity contribution in [3.05, 3.63) is 194 Å². The highest BCUT2D eigenvalue weighted by Gasteiger charge is 2.41. The van der Waals surface area contributed by atoms with Crippen molar-refractivity contribution in [3.63, 3.8) is 0 Å². The van der Waals surface area contributed by atoms with Gasteiger partial charge in [-0.25, -0.2) is 0 Å². The minimum atomic E-state index is -3.18. The molecule has 9 aromatic rings. The third-order valence-electron chi connectivity index (χ3n) is 10.4. The highest BCUT2D eigenvalue weighted by Crippen LogP contribution is 2.54. The minimum absolute atomic E-state index is 0.845. The van der Waals surface area contributed by atoms with Crippen LogP contribution >= 0.6 is 7.14 Å². The first-order chi connectivity index (χ1) is 25.2. The second kappa shape index (κ2) is 11.7. The SMILES string of the molecule is O=P1(c2ccccc2)c2ccccc2N(c2ccccc2)c2cc(-c3cccc(-c4ccc5c6ccccc6c6ccccc6c5c4)c3)ccc21. The summed E-state index contributed by atoms with van der Waals surface area (Å²) in [6.45, 7) is 0. The van der Waals surface area contributed by atoms with E-state index >= 15 is 4.57 Å². The fraction of sp³-hybridized carbons (Fsp3) is 0. The summed E-state index contributed by atoms with van der Waals surface area (Å²) in [5.41, 5.74) is 7.45. The average molecular weight is 670 g/mol. The fourth-order valence-corrected chi connectivity index (χ4v) is 11.0. The van der Waals surface area contributed by atoms with Crippen LogP contribution in [0.5, 0.6) is 0 Å². The van der Waals surface area contributed by atoms with Crippen molar-refractivity contribution >= 4 is 72.4 Å². The van der Waals surface area contributed by atoms with E-state index in [9.17, 15) is 0 Å². The molecule has 0 fully saturated rings. The van der Waals surface area contributed by atoms with E-state index in [1.54, 1.807) is 0 Å². The summed E-state index contributed by atoms with van der Waals surface area (Å²) in [6, 6.07) is 68.1. The second-order valence-corrected chi connectivity index (χ2v) is 15.9. The summed E-state index contributed by atoms with van der Waals surface area (Å²) < 4.78 is 15.6. The second-order valence-electron chi connectivity index (χ2n) is 13.2. The van der Waals surface area contributed by atoms with Gasteiger partial charge in [0, 0.05) is 21.6 Å². The van der Waals surface area contributed by atoms with Gasteiger partial charge in [0.05, 0.1) is 11.4 Å². The van der Waals surface area contributed by atoms with Gasteiger partial charge in [0.2, 0.25) is 0 Å². The molecule has 0 N–H and O–H groups in total. The molecule has 10 rings (SSSR count). The fourth-order valence-electron chi connectivity index (χ4n) is 8.06. The van der Waals surface area contributed by atoms with Gasteiger partial charge in [-0.3, -0.25) is 0 Å². The molecule has 1 aliphatic rings. The minimum Gasteiger partial charge on any atom is -0.309 e. The number of nitrogens with zero attached hydrogens (tertiary/aromatic N) is 1. The first kappa shape index (κ1) is 29.7. The molecule has 1 aliphatic heterocycles. The van der Waals surface area contributed by atoms with Crippen LogP contribution in [0.3, 0.4) is 0 Å². The standard InChI is InChI=1S/C48H32NOP/c50-51(38-18-5-2-6-19-38)47-25-12-11-24-45(47)49(37-16-3-1-4-17-37)46-32-36(27-29-48(46)51)34-15-13-14-33(30-34)35-26-28-43-41-22-8-7-20-39(41)40-21-9-10-23-42(40)44(43)31-35/h1-32H. The molecule has 0 saturated heterocycles. The van der Waals surface area contributed by atoms with Crippen LogP contribution in [0.2, 0.25) is 0 Å². The summed E-state index contributed by atoms with van der Waals surface area (Å²) in [5, 5.41) is 10.2. The maximum absolute atomic E-state index is 15.6. The molecule has 0 aromatic heterocycles. The van der Waals surface area contributed by atoms with E-state index in [4.69, 9.17) is 0 Å². The van der Waals surface area contributed by atoms with Gasteiger partial charge in [-0.2, -0.15) is 0 Å². The molecule has 0 saturated carbocycles. The molecule has 0 radical (unpaired) electrons. The van der Waals surface area contributed by atoms with E-state index in [2.05, 4.69) is 144 Å². The van der Waals surface area contributed by atoms with E-state index in [0.717, 1.165) is 49.7 Å². The molecule has 0 bridgehead atoms. The Balaban J connectivity index is 1.15. The lowest BCUT2D eigenvalue weighted by molar-refractivity contribution is 0.592. The Hall–Kier alpha value is -6.21. The van der Waals surface area contributed by atoms with E-state index in [1.807, 2.05) is 54.6 Å². The summed E-state index contributed by atoms with van der Waals surface area (Å²) in [4.78, 5) is 2.27. The summed E-state index contributed by atoms with van der Waals surface area (Å²) in [6.07, 6.45) is 0. The molecule has 9 aromatic carbocycles. The summed E-state index contributed by atoms with van der Waals surface area (Å²) in [5.74, 6) is 0. The van der Waals surface area contributed by atoms with Gasteiger partial charge in [-0.05, 0) is 103 Å². The van der Waals surface area contributed by atoms with Crippen LogP contribution in [0, 0.1) is 0 Å². The topological polar surface area (TPSA) is 20.3 Å². The van der Waals surface area contributed by atoms with Crippen molar-refractivity contribution in [3.8, 4) is 22.3 Å². The molecular formula is C48H32NOP. The Morgan fingerprint density at radius 3 is 1.51 bits per heavy atom. The van der Waals surface area contributed by atoms with E-state index < -0.39 is 7.14 Å². The first-order valence-electron chi connectivity index (χ1n) is 17.4. The highest BCUT2D eigenvalue weighted by atomic mass is 31.2. The van der Waals surface area contributed by atoms with Crippen LogP contribution < -0.4 is 20.8 Å². The lowest BCUT2D eigenvalue weighted by Crippen LogP contribution is -2.36. The number of anilines is 3. The van der Waals surface area contributed by atoms with E-state index in [-0.39, 0.29) is 0 Å². The Kier molecular flexibility index (Phi) is 6.81. The van der Waals surface area contributed by atoms with Crippen LogP contribution in [-0.4, -0.2) is 0 Å². The monoisotopic (exact) mass is 669 g/mol. The van der Waals surface area contributed by atoms with E-state index in [0.29, 0.717) is 0 Å². The third kappa shape index (κ3) is 4.61. The molecule has 0 amide bonds. The van der Waals surface area contributed by atoms with Crippen LogP contribution in [-0.2, 0) is 4.57 Å². The van der Waals surface area contributed by atoms with E-state index in [1.165, 1.54) is 37.9 Å².